The number of hydrogen-bond acceptors (Lipinski definition) is 6. The zero-order chi connectivity index (χ0) is 28.3. The molecule has 1 aliphatic rings. The van der Waals surface area contributed by atoms with Gasteiger partial charge >= 0.3 is 6.09 Å². The maximum absolute atomic E-state index is 13.8. The Morgan fingerprint density at radius 3 is 1.54 bits per heavy atom. The molecule has 4 aromatic rings. The van der Waals surface area contributed by atoms with E-state index < -0.39 is 30.3 Å². The molecule has 0 aliphatic carbocycles. The van der Waals surface area contributed by atoms with Crippen LogP contribution in [0, 0.1) is 0 Å². The number of imide groups is 1. The highest BCUT2D eigenvalue weighted by Crippen LogP contribution is 2.29. The first kappa shape index (κ1) is 28.2. The van der Waals surface area contributed by atoms with E-state index in [-0.39, 0.29) is 26.4 Å². The number of nitrogens with zero attached hydrogens (tertiary/aromatic N) is 1. The van der Waals surface area contributed by atoms with Crippen molar-refractivity contribution in [2.45, 2.75) is 44.7 Å². The van der Waals surface area contributed by atoms with Gasteiger partial charge in [0.2, 0.25) is 0 Å². The highest BCUT2D eigenvalue weighted by Gasteiger charge is 2.53. The van der Waals surface area contributed by atoms with Crippen molar-refractivity contribution in [3.05, 3.63) is 144 Å². The first-order valence-corrected chi connectivity index (χ1v) is 13.7. The van der Waals surface area contributed by atoms with Gasteiger partial charge in [-0.1, -0.05) is 121 Å². The van der Waals surface area contributed by atoms with E-state index in [1.807, 2.05) is 121 Å². The predicted molar refractivity (Wildman–Crippen MR) is 153 cm³/mol. The molecule has 0 radical (unpaired) electrons. The second kappa shape index (κ2) is 14.4. The van der Waals surface area contributed by atoms with Gasteiger partial charge in [-0.15, -0.1) is 0 Å². The van der Waals surface area contributed by atoms with Gasteiger partial charge in [-0.05, 0) is 22.3 Å². The Balaban J connectivity index is 1.37. The molecule has 7 heteroatoms. The number of carbonyl (C=O) groups is 2. The van der Waals surface area contributed by atoms with Gasteiger partial charge in [-0.25, -0.2) is 9.69 Å². The lowest BCUT2D eigenvalue weighted by Gasteiger charge is -2.26. The Morgan fingerprint density at radius 1 is 0.585 bits per heavy atom. The minimum atomic E-state index is -1.02. The Labute approximate surface area is 240 Å². The van der Waals surface area contributed by atoms with E-state index in [4.69, 9.17) is 18.9 Å². The molecule has 7 nitrogen and oxygen atoms in total. The summed E-state index contributed by atoms with van der Waals surface area (Å²) in [5, 5.41) is 0. The molecule has 0 N–H and O–H groups in total. The molecule has 1 saturated heterocycles. The first-order chi connectivity index (χ1) is 20.2. The van der Waals surface area contributed by atoms with Crippen LogP contribution in [0.2, 0.25) is 0 Å². The Kier molecular flexibility index (Phi) is 9.89. The lowest BCUT2D eigenvalue weighted by atomic mass is 10.1. The lowest BCUT2D eigenvalue weighted by Crippen LogP contribution is -2.45. The molecule has 0 aromatic heterocycles. The van der Waals surface area contributed by atoms with Crippen LogP contribution in [0.15, 0.2) is 121 Å². The van der Waals surface area contributed by atoms with E-state index in [2.05, 4.69) is 0 Å². The second-order valence-corrected chi connectivity index (χ2v) is 9.79. The highest BCUT2D eigenvalue weighted by atomic mass is 16.6. The average Bonchev–Trinajstić information content (AvgIpc) is 3.29. The molecule has 4 aromatic carbocycles. The number of rotatable bonds is 12. The molecule has 210 valence electrons. The zero-order valence-corrected chi connectivity index (χ0v) is 22.7. The molecule has 3 atom stereocenters. The topological polar surface area (TPSA) is 74.3 Å². The monoisotopic (exact) mass is 551 g/mol. The van der Waals surface area contributed by atoms with Crippen LogP contribution >= 0.6 is 0 Å². The van der Waals surface area contributed by atoms with Crippen molar-refractivity contribution >= 4 is 12.0 Å². The maximum Gasteiger partial charge on any atom is 0.417 e. The van der Waals surface area contributed by atoms with Crippen LogP contribution in [0.25, 0.3) is 0 Å². The molecule has 1 fully saturated rings. The second-order valence-electron chi connectivity index (χ2n) is 9.79. The molecule has 5 rings (SSSR count). The summed E-state index contributed by atoms with van der Waals surface area (Å²) in [6.45, 7) is 0.843. The number of benzene rings is 4. The summed E-state index contributed by atoms with van der Waals surface area (Å²) in [5.41, 5.74) is 3.65. The molecule has 41 heavy (non-hydrogen) atoms. The molecular weight excluding hydrogens is 518 g/mol. The number of ether oxygens (including phenoxy) is 4. The molecule has 0 bridgehead atoms. The van der Waals surface area contributed by atoms with Crippen LogP contribution in [0.5, 0.6) is 0 Å². The third-order valence-corrected chi connectivity index (χ3v) is 6.85. The van der Waals surface area contributed by atoms with Gasteiger partial charge in [0.25, 0.3) is 5.91 Å². The SMILES string of the molecule is O=C(OCc1ccccc1)N1C(=O)[C@@H](OCc2ccccc2)[C@H](OCc2ccccc2)[C@@H]1COCc1ccccc1. The van der Waals surface area contributed by atoms with Crippen LogP contribution in [0.4, 0.5) is 4.79 Å². The van der Waals surface area contributed by atoms with Crippen LogP contribution in [-0.2, 0) is 50.2 Å². The fraction of sp³-hybridized carbons (Fsp3) is 0.235. The number of carbonyl (C=O) groups excluding carboxylic acids is 2. The Hall–Kier alpha value is -4.30. The van der Waals surface area contributed by atoms with E-state index in [9.17, 15) is 9.59 Å². The Bertz CT molecular complexity index is 1370. The summed E-state index contributed by atoms with van der Waals surface area (Å²) in [6, 6.07) is 37.6. The predicted octanol–water partition coefficient (Wildman–Crippen LogP) is 5.92. The molecule has 0 saturated carbocycles. The number of likely N-dealkylation sites (tertiary alicyclic amines) is 1. The molecular formula is C34H33NO6. The third kappa shape index (κ3) is 7.67. The molecule has 0 spiro atoms. The van der Waals surface area contributed by atoms with Crippen molar-refractivity contribution in [1.29, 1.82) is 0 Å². The standard InChI is InChI=1S/C34H33NO6/c36-33-32(40-23-28-17-9-3-10-18-28)31(39-22-27-15-7-2-8-16-27)30(25-38-21-26-13-5-1-6-14-26)35(33)34(37)41-24-29-19-11-4-12-20-29/h1-20,30-32H,21-25H2/t30-,31+,32-/m0/s1. The van der Waals surface area contributed by atoms with Crippen molar-refractivity contribution in [3.8, 4) is 0 Å². The van der Waals surface area contributed by atoms with Crippen LogP contribution in [0.1, 0.15) is 22.3 Å². The maximum atomic E-state index is 13.8. The number of amides is 2. The van der Waals surface area contributed by atoms with Gasteiger partial charge in [0.15, 0.2) is 6.10 Å². The van der Waals surface area contributed by atoms with Crippen molar-refractivity contribution in [2.75, 3.05) is 6.61 Å². The average molecular weight is 552 g/mol. The van der Waals surface area contributed by atoms with Crippen molar-refractivity contribution in [3.63, 3.8) is 0 Å². The van der Waals surface area contributed by atoms with E-state index in [1.54, 1.807) is 0 Å². The summed E-state index contributed by atoms with van der Waals surface area (Å²) in [4.78, 5) is 28.3. The Morgan fingerprint density at radius 2 is 1.02 bits per heavy atom. The fourth-order valence-corrected chi connectivity index (χ4v) is 4.74. The van der Waals surface area contributed by atoms with E-state index in [0.717, 1.165) is 27.2 Å². The van der Waals surface area contributed by atoms with Gasteiger partial charge < -0.3 is 18.9 Å². The van der Waals surface area contributed by atoms with Crippen molar-refractivity contribution in [2.24, 2.45) is 0 Å². The summed E-state index contributed by atoms with van der Waals surface area (Å²) in [7, 11) is 0. The van der Waals surface area contributed by atoms with Gasteiger partial charge in [0, 0.05) is 0 Å². The van der Waals surface area contributed by atoms with Gasteiger partial charge in [0.05, 0.1) is 32.5 Å². The van der Waals surface area contributed by atoms with E-state index in [1.165, 1.54) is 0 Å². The van der Waals surface area contributed by atoms with Gasteiger partial charge in [0.1, 0.15) is 12.7 Å². The molecule has 2 amide bonds. The summed E-state index contributed by atoms with van der Waals surface area (Å²) in [6.07, 6.45) is -2.55. The van der Waals surface area contributed by atoms with Gasteiger partial charge in [-0.2, -0.15) is 0 Å². The largest absolute Gasteiger partial charge is 0.444 e. The first-order valence-electron chi connectivity index (χ1n) is 13.7. The smallest absolute Gasteiger partial charge is 0.417 e. The van der Waals surface area contributed by atoms with Crippen molar-refractivity contribution < 1.29 is 28.5 Å². The molecule has 1 heterocycles. The van der Waals surface area contributed by atoms with Crippen LogP contribution < -0.4 is 0 Å². The zero-order valence-electron chi connectivity index (χ0n) is 22.7. The van der Waals surface area contributed by atoms with E-state index in [0.29, 0.717) is 6.61 Å². The normalized spacial score (nSPS) is 18.4. The quantitative estimate of drug-likeness (QED) is 0.218. The van der Waals surface area contributed by atoms with E-state index >= 15 is 0 Å². The third-order valence-electron chi connectivity index (χ3n) is 6.85. The minimum absolute atomic E-state index is 0.0339. The van der Waals surface area contributed by atoms with Crippen LogP contribution in [0.3, 0.4) is 0 Å². The summed E-state index contributed by atoms with van der Waals surface area (Å²) >= 11 is 0. The molecule has 1 aliphatic heterocycles. The fourth-order valence-electron chi connectivity index (χ4n) is 4.74. The van der Waals surface area contributed by atoms with Crippen LogP contribution in [-0.4, -0.2) is 41.8 Å². The van der Waals surface area contributed by atoms with Gasteiger partial charge in [-0.3, -0.25) is 4.79 Å². The molecule has 0 unspecified atom stereocenters. The summed E-state index contributed by atoms with van der Waals surface area (Å²) < 4.78 is 24.2. The lowest BCUT2D eigenvalue weighted by molar-refractivity contribution is -0.141. The minimum Gasteiger partial charge on any atom is -0.444 e. The number of hydrogen-bond donors (Lipinski definition) is 0. The highest BCUT2D eigenvalue weighted by molar-refractivity contribution is 5.97. The summed E-state index contributed by atoms with van der Waals surface area (Å²) in [5.74, 6) is -0.509. The van der Waals surface area contributed by atoms with Crippen molar-refractivity contribution in [1.82, 2.24) is 4.90 Å².